The van der Waals surface area contributed by atoms with Gasteiger partial charge in [-0.05, 0) is 12.1 Å². The van der Waals surface area contributed by atoms with E-state index in [1.54, 1.807) is 30.6 Å². The van der Waals surface area contributed by atoms with Crippen LogP contribution in [0.4, 0.5) is 0 Å². The van der Waals surface area contributed by atoms with Gasteiger partial charge in [-0.3, -0.25) is 4.40 Å². The summed E-state index contributed by atoms with van der Waals surface area (Å²) in [6, 6.07) is 6.36. The SMILES string of the molecule is O=S(=O)(NCc1csc2nccn12)c1ccccc1Cl. The van der Waals surface area contributed by atoms with E-state index in [9.17, 15) is 8.42 Å². The Morgan fingerprint density at radius 2 is 2.15 bits per heavy atom. The van der Waals surface area contributed by atoms with E-state index in [0.29, 0.717) is 0 Å². The number of benzene rings is 1. The lowest BCUT2D eigenvalue weighted by Gasteiger charge is -2.07. The minimum Gasteiger partial charge on any atom is -0.293 e. The Hall–Kier alpha value is -1.41. The highest BCUT2D eigenvalue weighted by molar-refractivity contribution is 7.89. The van der Waals surface area contributed by atoms with Crippen molar-refractivity contribution in [1.29, 1.82) is 0 Å². The summed E-state index contributed by atoms with van der Waals surface area (Å²) >= 11 is 7.38. The van der Waals surface area contributed by atoms with Crippen molar-refractivity contribution in [3.63, 3.8) is 0 Å². The first-order valence-corrected chi connectivity index (χ1v) is 8.45. The molecular formula is C12H10ClN3O2S2. The first-order chi connectivity index (χ1) is 9.58. The van der Waals surface area contributed by atoms with Crippen molar-refractivity contribution < 1.29 is 8.42 Å². The van der Waals surface area contributed by atoms with Crippen molar-refractivity contribution in [2.24, 2.45) is 0 Å². The van der Waals surface area contributed by atoms with Gasteiger partial charge in [-0.25, -0.2) is 18.1 Å². The normalized spacial score (nSPS) is 12.1. The standard InChI is InChI=1S/C12H10ClN3O2S2/c13-10-3-1-2-4-11(10)20(17,18)15-7-9-8-19-12-14-5-6-16(9)12/h1-6,8,15H,7H2. The first kappa shape index (κ1) is 13.6. The highest BCUT2D eigenvalue weighted by Crippen LogP contribution is 2.21. The predicted molar refractivity (Wildman–Crippen MR) is 78.5 cm³/mol. The molecule has 1 N–H and O–H groups in total. The highest BCUT2D eigenvalue weighted by atomic mass is 35.5. The molecular weight excluding hydrogens is 318 g/mol. The fourth-order valence-electron chi connectivity index (χ4n) is 1.81. The van der Waals surface area contributed by atoms with Crippen LogP contribution in [0.5, 0.6) is 0 Å². The van der Waals surface area contributed by atoms with Crippen molar-refractivity contribution in [3.8, 4) is 0 Å². The van der Waals surface area contributed by atoms with Crippen LogP contribution in [0.3, 0.4) is 0 Å². The van der Waals surface area contributed by atoms with Crippen LogP contribution in [-0.2, 0) is 16.6 Å². The lowest BCUT2D eigenvalue weighted by Crippen LogP contribution is -2.24. The van der Waals surface area contributed by atoms with Gasteiger partial charge < -0.3 is 0 Å². The quantitative estimate of drug-likeness (QED) is 0.801. The summed E-state index contributed by atoms with van der Waals surface area (Å²) in [4.78, 5) is 5.05. The molecule has 3 rings (SSSR count). The lowest BCUT2D eigenvalue weighted by atomic mass is 10.4. The number of nitrogens with zero attached hydrogens (tertiary/aromatic N) is 2. The number of hydrogen-bond donors (Lipinski definition) is 1. The van der Waals surface area contributed by atoms with Crippen molar-refractivity contribution in [1.82, 2.24) is 14.1 Å². The van der Waals surface area contributed by atoms with Gasteiger partial charge in [0, 0.05) is 23.5 Å². The molecule has 0 fully saturated rings. The van der Waals surface area contributed by atoms with Crippen LogP contribution in [0.1, 0.15) is 5.69 Å². The summed E-state index contributed by atoms with van der Waals surface area (Å²) in [7, 11) is -3.63. The number of aromatic nitrogens is 2. The number of imidazole rings is 1. The Kier molecular flexibility index (Phi) is 3.51. The van der Waals surface area contributed by atoms with Gasteiger partial charge >= 0.3 is 0 Å². The molecule has 5 nitrogen and oxygen atoms in total. The van der Waals surface area contributed by atoms with Gasteiger partial charge in [0.25, 0.3) is 0 Å². The van der Waals surface area contributed by atoms with Gasteiger partial charge in [-0.2, -0.15) is 0 Å². The third kappa shape index (κ3) is 2.45. The fraction of sp³-hybridized carbons (Fsp3) is 0.0833. The Labute approximate surface area is 124 Å². The molecule has 0 unspecified atom stereocenters. The summed E-state index contributed by atoms with van der Waals surface area (Å²) in [6.45, 7) is 0.184. The average Bonchev–Trinajstić information content (AvgIpc) is 3.00. The summed E-state index contributed by atoms with van der Waals surface area (Å²) in [5.74, 6) is 0. The number of halogens is 1. The molecule has 0 amide bonds. The zero-order chi connectivity index (χ0) is 14.2. The number of nitrogens with one attached hydrogen (secondary N) is 1. The van der Waals surface area contributed by atoms with Crippen molar-refractivity contribution in [3.05, 3.63) is 52.8 Å². The second kappa shape index (κ2) is 5.17. The van der Waals surface area contributed by atoms with Crippen LogP contribution in [0.2, 0.25) is 5.02 Å². The molecule has 0 atom stereocenters. The molecule has 104 valence electrons. The molecule has 2 aromatic heterocycles. The van der Waals surface area contributed by atoms with Gasteiger partial charge in [0.1, 0.15) is 4.90 Å². The maximum absolute atomic E-state index is 12.2. The van der Waals surface area contributed by atoms with Crippen molar-refractivity contribution in [2.75, 3.05) is 0 Å². The summed E-state index contributed by atoms with van der Waals surface area (Å²) in [6.07, 6.45) is 3.48. The zero-order valence-corrected chi connectivity index (χ0v) is 12.5. The minimum atomic E-state index is -3.63. The van der Waals surface area contributed by atoms with Crippen LogP contribution in [0.25, 0.3) is 4.96 Å². The van der Waals surface area contributed by atoms with E-state index in [-0.39, 0.29) is 16.5 Å². The molecule has 0 saturated heterocycles. The third-order valence-corrected chi connectivity index (χ3v) is 5.59. The van der Waals surface area contributed by atoms with Crippen molar-refractivity contribution in [2.45, 2.75) is 11.4 Å². The number of thiazole rings is 1. The Bertz CT molecular complexity index is 854. The monoisotopic (exact) mass is 327 g/mol. The Balaban J connectivity index is 1.85. The van der Waals surface area contributed by atoms with Gasteiger partial charge in [0.15, 0.2) is 4.96 Å². The lowest BCUT2D eigenvalue weighted by molar-refractivity contribution is 0.580. The van der Waals surface area contributed by atoms with E-state index in [1.165, 1.54) is 17.4 Å². The van der Waals surface area contributed by atoms with Crippen LogP contribution < -0.4 is 4.72 Å². The largest absolute Gasteiger partial charge is 0.293 e. The maximum atomic E-state index is 12.2. The molecule has 0 aliphatic carbocycles. The van der Waals surface area contributed by atoms with Crippen LogP contribution in [0, 0.1) is 0 Å². The van der Waals surface area contributed by atoms with E-state index < -0.39 is 10.0 Å². The molecule has 0 radical (unpaired) electrons. The topological polar surface area (TPSA) is 63.5 Å². The van der Waals surface area contributed by atoms with E-state index in [1.807, 2.05) is 9.78 Å². The molecule has 3 aromatic rings. The van der Waals surface area contributed by atoms with E-state index in [2.05, 4.69) is 9.71 Å². The van der Waals surface area contributed by atoms with E-state index in [0.717, 1.165) is 10.7 Å². The van der Waals surface area contributed by atoms with Crippen LogP contribution >= 0.6 is 22.9 Å². The second-order valence-electron chi connectivity index (χ2n) is 4.06. The molecule has 0 aliphatic heterocycles. The van der Waals surface area contributed by atoms with Crippen molar-refractivity contribution >= 4 is 37.9 Å². The molecule has 0 spiro atoms. The van der Waals surface area contributed by atoms with Gasteiger partial charge in [0.2, 0.25) is 10.0 Å². The molecule has 2 heterocycles. The minimum absolute atomic E-state index is 0.0822. The number of hydrogen-bond acceptors (Lipinski definition) is 4. The zero-order valence-electron chi connectivity index (χ0n) is 10.2. The van der Waals surface area contributed by atoms with Gasteiger partial charge in [-0.1, -0.05) is 23.7 Å². The highest BCUT2D eigenvalue weighted by Gasteiger charge is 2.17. The smallest absolute Gasteiger partial charge is 0.242 e. The summed E-state index contributed by atoms with van der Waals surface area (Å²) in [5.41, 5.74) is 0.832. The van der Waals surface area contributed by atoms with Gasteiger partial charge in [0.05, 0.1) is 11.6 Å². The number of fused-ring (bicyclic) bond motifs is 1. The Morgan fingerprint density at radius 1 is 1.35 bits per heavy atom. The summed E-state index contributed by atoms with van der Waals surface area (Å²) in [5, 5.41) is 2.08. The van der Waals surface area contributed by atoms with E-state index in [4.69, 9.17) is 11.6 Å². The van der Waals surface area contributed by atoms with Gasteiger partial charge in [-0.15, -0.1) is 11.3 Å². The number of sulfonamides is 1. The Morgan fingerprint density at radius 3 is 2.95 bits per heavy atom. The maximum Gasteiger partial charge on any atom is 0.242 e. The van der Waals surface area contributed by atoms with Crippen LogP contribution in [-0.4, -0.2) is 17.8 Å². The third-order valence-electron chi connectivity index (χ3n) is 2.79. The summed E-state index contributed by atoms with van der Waals surface area (Å²) < 4.78 is 28.8. The van der Waals surface area contributed by atoms with E-state index >= 15 is 0 Å². The first-order valence-electron chi connectivity index (χ1n) is 5.71. The molecule has 0 bridgehead atoms. The molecule has 8 heteroatoms. The average molecular weight is 328 g/mol. The molecule has 0 aliphatic rings. The fourth-order valence-corrected chi connectivity index (χ4v) is 4.18. The number of rotatable bonds is 4. The predicted octanol–water partition coefficient (Wildman–Crippen LogP) is 2.53. The second-order valence-corrected chi connectivity index (χ2v) is 7.04. The van der Waals surface area contributed by atoms with Crippen LogP contribution in [0.15, 0.2) is 46.9 Å². The molecule has 1 aromatic carbocycles. The molecule has 0 saturated carbocycles. The molecule has 20 heavy (non-hydrogen) atoms.